The molecule has 4 aromatic rings. The number of methoxy groups -OCH3 is 1. The quantitative estimate of drug-likeness (QED) is 0.187. The molecule has 208 valence electrons. The van der Waals surface area contributed by atoms with Crippen LogP contribution in [0.4, 0.5) is 0 Å². The van der Waals surface area contributed by atoms with Crippen LogP contribution < -0.4 is 4.46 Å². The Kier molecular flexibility index (Phi) is 11.0. The van der Waals surface area contributed by atoms with E-state index in [-0.39, 0.29) is 38.1 Å². The first-order valence-electron chi connectivity index (χ1n) is 13.6. The van der Waals surface area contributed by atoms with Crippen LogP contribution in [-0.2, 0) is 43.5 Å². The van der Waals surface area contributed by atoms with Crippen molar-refractivity contribution in [3.05, 3.63) is 138 Å². The Morgan fingerprint density at radius 3 is 1.60 bits per heavy atom. The Morgan fingerprint density at radius 1 is 0.600 bits per heavy atom. The van der Waals surface area contributed by atoms with Crippen LogP contribution in [0.5, 0.6) is 0 Å². The van der Waals surface area contributed by atoms with Gasteiger partial charge in [0.1, 0.15) is 0 Å². The summed E-state index contributed by atoms with van der Waals surface area (Å²) in [5.74, 6) is 0. The van der Waals surface area contributed by atoms with Gasteiger partial charge in [-0.15, -0.1) is 0 Å². The normalized spacial score (nSPS) is 22.7. The van der Waals surface area contributed by atoms with Crippen LogP contribution >= 0.6 is 0 Å². The summed E-state index contributed by atoms with van der Waals surface area (Å²) in [6.07, 6.45) is -1.40. The van der Waals surface area contributed by atoms with E-state index < -0.39 is 6.29 Å². The van der Waals surface area contributed by atoms with Gasteiger partial charge in [-0.25, -0.2) is 0 Å². The summed E-state index contributed by atoms with van der Waals surface area (Å²) in [7, 11) is 1.71. The van der Waals surface area contributed by atoms with Crippen molar-refractivity contribution in [3.8, 4) is 0 Å². The molecular formula is C34H36O5Se. The molecule has 5 rings (SSSR count). The van der Waals surface area contributed by atoms with Gasteiger partial charge in [0, 0.05) is 0 Å². The topological polar surface area (TPSA) is 46.2 Å². The maximum absolute atomic E-state index is 6.76. The van der Waals surface area contributed by atoms with E-state index in [4.69, 9.17) is 23.7 Å². The zero-order chi connectivity index (χ0) is 27.4. The second-order valence-corrected chi connectivity index (χ2v) is 12.3. The van der Waals surface area contributed by atoms with Gasteiger partial charge in [0.2, 0.25) is 0 Å². The van der Waals surface area contributed by atoms with Crippen molar-refractivity contribution >= 4 is 19.4 Å². The molecule has 5 atom stereocenters. The molecule has 0 spiro atoms. The average Bonchev–Trinajstić information content (AvgIpc) is 3.02. The Morgan fingerprint density at radius 2 is 1.07 bits per heavy atom. The van der Waals surface area contributed by atoms with Crippen LogP contribution in [0.3, 0.4) is 0 Å². The van der Waals surface area contributed by atoms with E-state index in [2.05, 4.69) is 60.7 Å². The van der Waals surface area contributed by atoms with Crippen molar-refractivity contribution in [2.75, 3.05) is 13.7 Å². The number of hydrogen-bond acceptors (Lipinski definition) is 5. The van der Waals surface area contributed by atoms with Crippen LogP contribution in [0.15, 0.2) is 121 Å². The second-order valence-electron chi connectivity index (χ2n) is 9.70. The van der Waals surface area contributed by atoms with Gasteiger partial charge >= 0.3 is 244 Å². The van der Waals surface area contributed by atoms with Crippen molar-refractivity contribution < 1.29 is 23.7 Å². The molecule has 1 aliphatic rings. The third-order valence-electron chi connectivity index (χ3n) is 6.80. The van der Waals surface area contributed by atoms with Crippen LogP contribution in [0.2, 0.25) is 4.82 Å². The summed E-state index contributed by atoms with van der Waals surface area (Å²) in [5, 5.41) is 0. The van der Waals surface area contributed by atoms with Crippen LogP contribution in [0.1, 0.15) is 16.7 Å². The molecule has 0 aliphatic carbocycles. The number of hydrogen-bond donors (Lipinski definition) is 0. The summed E-state index contributed by atoms with van der Waals surface area (Å²) in [6.45, 7) is 1.80. The Bertz CT molecular complexity index is 1240. The van der Waals surface area contributed by atoms with Crippen molar-refractivity contribution in [1.29, 1.82) is 0 Å². The van der Waals surface area contributed by atoms with E-state index in [1.165, 1.54) is 4.46 Å². The number of rotatable bonds is 13. The SMILES string of the molecule is CO[C@@H]1O[C@H](COCc2ccccc2)[C@@H](OCc2ccccc2)[C@H](OCc2ccccc2)[C@@H]1[Se]c1ccccc1. The average molecular weight is 604 g/mol. The molecule has 0 amide bonds. The van der Waals surface area contributed by atoms with E-state index in [0.717, 1.165) is 16.7 Å². The molecule has 6 heteroatoms. The van der Waals surface area contributed by atoms with Gasteiger partial charge in [-0.2, -0.15) is 0 Å². The molecule has 1 saturated heterocycles. The molecule has 1 fully saturated rings. The standard InChI is InChI=1S/C34H36O5Se/c1-35-34-33(40-29-20-12-5-13-21-29)32(38-24-28-18-10-4-11-19-28)31(37-23-27-16-8-3-9-17-27)30(39-34)25-36-22-26-14-6-2-7-15-26/h2-21,30-34H,22-25H2,1H3/t30-,31-,32+,33+,34-/m1/s1. The molecule has 0 unspecified atom stereocenters. The fourth-order valence-electron chi connectivity index (χ4n) is 4.78. The van der Waals surface area contributed by atoms with E-state index in [1.807, 2.05) is 60.7 Å². The van der Waals surface area contributed by atoms with Gasteiger partial charge < -0.3 is 0 Å². The molecule has 0 aromatic heterocycles. The minimum absolute atomic E-state index is 0.0187. The van der Waals surface area contributed by atoms with E-state index >= 15 is 0 Å². The summed E-state index contributed by atoms with van der Waals surface area (Å²) >= 11 is 0.0213. The van der Waals surface area contributed by atoms with Crippen molar-refractivity contribution in [2.24, 2.45) is 0 Å². The summed E-state index contributed by atoms with van der Waals surface area (Å²) in [6, 6.07) is 41.2. The Hall–Kier alpha value is -2.80. The summed E-state index contributed by atoms with van der Waals surface area (Å²) in [5.41, 5.74) is 3.34. The fourth-order valence-corrected chi connectivity index (χ4v) is 7.47. The van der Waals surface area contributed by atoms with Crippen molar-refractivity contribution in [3.63, 3.8) is 0 Å². The molecule has 1 aliphatic heterocycles. The van der Waals surface area contributed by atoms with E-state index in [9.17, 15) is 0 Å². The fraction of sp³-hybridized carbons (Fsp3) is 0.294. The zero-order valence-corrected chi connectivity index (χ0v) is 24.4. The van der Waals surface area contributed by atoms with Crippen LogP contribution in [0, 0.1) is 0 Å². The van der Waals surface area contributed by atoms with Gasteiger partial charge in [0.15, 0.2) is 0 Å². The minimum atomic E-state index is -0.442. The van der Waals surface area contributed by atoms with Crippen molar-refractivity contribution in [2.45, 2.75) is 49.2 Å². The Labute approximate surface area is 243 Å². The Balaban J connectivity index is 1.40. The molecule has 40 heavy (non-hydrogen) atoms. The number of benzene rings is 4. The van der Waals surface area contributed by atoms with Gasteiger partial charge in [-0.1, -0.05) is 0 Å². The molecule has 4 aromatic carbocycles. The molecule has 0 saturated carbocycles. The molecule has 0 N–H and O–H groups in total. The first-order valence-corrected chi connectivity index (χ1v) is 15.5. The molecule has 0 bridgehead atoms. The predicted octanol–water partition coefficient (Wildman–Crippen LogP) is 5.56. The van der Waals surface area contributed by atoms with Gasteiger partial charge in [-0.3, -0.25) is 0 Å². The maximum atomic E-state index is 6.76. The van der Waals surface area contributed by atoms with Crippen LogP contribution in [-0.4, -0.2) is 53.3 Å². The first-order chi connectivity index (χ1) is 19.8. The van der Waals surface area contributed by atoms with E-state index in [0.29, 0.717) is 26.4 Å². The third kappa shape index (κ3) is 8.12. The summed E-state index contributed by atoms with van der Waals surface area (Å²) < 4.78 is 33.5. The first kappa shape index (κ1) is 28.7. The predicted molar refractivity (Wildman–Crippen MR) is 157 cm³/mol. The van der Waals surface area contributed by atoms with E-state index in [1.54, 1.807) is 7.11 Å². The zero-order valence-electron chi connectivity index (χ0n) is 22.7. The summed E-state index contributed by atoms with van der Waals surface area (Å²) in [4.78, 5) is -0.0187. The van der Waals surface area contributed by atoms with Gasteiger partial charge in [0.25, 0.3) is 0 Å². The molecule has 0 radical (unpaired) electrons. The molecule has 5 nitrogen and oxygen atoms in total. The molecule has 1 heterocycles. The third-order valence-corrected chi connectivity index (χ3v) is 9.55. The number of ether oxygens (including phenoxy) is 5. The monoisotopic (exact) mass is 604 g/mol. The second kappa shape index (κ2) is 15.3. The van der Waals surface area contributed by atoms with Crippen molar-refractivity contribution in [1.82, 2.24) is 0 Å². The van der Waals surface area contributed by atoms with Gasteiger partial charge in [-0.05, 0) is 0 Å². The van der Waals surface area contributed by atoms with Crippen LogP contribution in [0.25, 0.3) is 0 Å². The molecular weight excluding hydrogens is 567 g/mol. The van der Waals surface area contributed by atoms with Gasteiger partial charge in [0.05, 0.1) is 0 Å².